The highest BCUT2D eigenvalue weighted by atomic mass is 19.3. The fraction of sp³-hybridized carbons (Fsp3) is 0.393. The number of ether oxygens (including phenoxy) is 5. The predicted octanol–water partition coefficient (Wildman–Crippen LogP) is 3.03. The molecule has 0 saturated carbocycles. The van der Waals surface area contributed by atoms with E-state index in [0.29, 0.717) is 16.8 Å². The summed E-state index contributed by atoms with van der Waals surface area (Å²) in [4.78, 5) is 27.2. The first-order valence-corrected chi connectivity index (χ1v) is 12.9. The smallest absolute Gasteiger partial charge is 0.492 e. The number of carbonyl (C=O) groups is 1. The maximum atomic E-state index is 13.7. The molecule has 2 aromatic carbocycles. The average molecular weight is 572 g/mol. The molecule has 6 rings (SSSR count). The van der Waals surface area contributed by atoms with Gasteiger partial charge in [-0.1, -0.05) is 30.3 Å². The monoisotopic (exact) mass is 571 g/mol. The van der Waals surface area contributed by atoms with Crippen LogP contribution in [0.25, 0.3) is 11.3 Å². The van der Waals surface area contributed by atoms with Crippen LogP contribution in [0, 0.1) is 0 Å². The average Bonchev–Trinajstić information content (AvgIpc) is 3.56. The number of carbonyl (C=O) groups excluding carboxylic acids is 1. The Balaban J connectivity index is 1.32. The highest BCUT2D eigenvalue weighted by molar-refractivity contribution is 6.00. The molecule has 41 heavy (non-hydrogen) atoms. The van der Waals surface area contributed by atoms with E-state index in [0.717, 1.165) is 4.68 Å². The second-order valence-electron chi connectivity index (χ2n) is 10.8. The Morgan fingerprint density at radius 2 is 1.83 bits per heavy atom. The van der Waals surface area contributed by atoms with Crippen molar-refractivity contribution in [1.82, 2.24) is 9.78 Å². The van der Waals surface area contributed by atoms with Crippen molar-refractivity contribution in [1.29, 1.82) is 0 Å². The van der Waals surface area contributed by atoms with Gasteiger partial charge in [0.2, 0.25) is 5.91 Å². The third kappa shape index (κ3) is 5.00. The molecule has 3 atom stereocenters. The van der Waals surface area contributed by atoms with Gasteiger partial charge in [0.1, 0.15) is 35.7 Å². The van der Waals surface area contributed by atoms with E-state index in [4.69, 9.17) is 14.2 Å². The molecule has 0 bridgehead atoms. The van der Waals surface area contributed by atoms with E-state index in [9.17, 15) is 23.5 Å². The first kappa shape index (κ1) is 27.1. The molecule has 0 unspecified atom stereocenters. The first-order chi connectivity index (χ1) is 19.3. The lowest BCUT2D eigenvalue weighted by Gasteiger charge is -2.23. The summed E-state index contributed by atoms with van der Waals surface area (Å²) in [5, 5.41) is 18.0. The van der Waals surface area contributed by atoms with Crippen LogP contribution in [0.1, 0.15) is 26.3 Å². The number of aliphatic hydroxyl groups is 1. The number of alkyl halides is 2. The van der Waals surface area contributed by atoms with Gasteiger partial charge in [0.05, 0.1) is 18.8 Å². The number of nitrogens with zero attached hydrogens (tertiary/aromatic N) is 2. The lowest BCUT2D eigenvalue weighted by atomic mass is 9.83. The first-order valence-electron chi connectivity index (χ1n) is 12.9. The van der Waals surface area contributed by atoms with Crippen LogP contribution >= 0.6 is 0 Å². The van der Waals surface area contributed by atoms with E-state index in [1.807, 2.05) is 6.07 Å². The maximum absolute atomic E-state index is 13.7. The van der Waals surface area contributed by atoms with E-state index in [1.54, 1.807) is 45.0 Å². The SMILES string of the molecule is CC1(C)OC[C@H]([C@H](O)Cn2nc(-c3ccccc3)cc(NC(=O)[C@@]3(C)COc4cc5c(cc43)OC(F)(F)O5)c2=O)O1. The fourth-order valence-corrected chi connectivity index (χ4v) is 4.98. The van der Waals surface area contributed by atoms with Crippen molar-refractivity contribution in [3.05, 3.63) is 64.4 Å². The van der Waals surface area contributed by atoms with Crippen LogP contribution in [-0.4, -0.2) is 58.3 Å². The minimum Gasteiger partial charge on any atom is -0.492 e. The van der Waals surface area contributed by atoms with Gasteiger partial charge in [-0.25, -0.2) is 4.68 Å². The molecule has 0 radical (unpaired) electrons. The van der Waals surface area contributed by atoms with Crippen molar-refractivity contribution >= 4 is 11.6 Å². The van der Waals surface area contributed by atoms with Crippen LogP contribution in [0.5, 0.6) is 17.2 Å². The molecule has 3 aliphatic rings. The molecule has 3 aromatic rings. The number of aromatic nitrogens is 2. The van der Waals surface area contributed by atoms with Crippen LogP contribution in [-0.2, 0) is 26.2 Å². The van der Waals surface area contributed by atoms with E-state index >= 15 is 0 Å². The Morgan fingerprint density at radius 1 is 1.12 bits per heavy atom. The molecule has 3 aliphatic heterocycles. The second-order valence-corrected chi connectivity index (χ2v) is 10.8. The van der Waals surface area contributed by atoms with Gasteiger partial charge in [-0.2, -0.15) is 5.10 Å². The summed E-state index contributed by atoms with van der Waals surface area (Å²) in [5.41, 5.74) is -0.786. The zero-order chi connectivity index (χ0) is 29.2. The second kappa shape index (κ2) is 9.50. The minimum absolute atomic E-state index is 0.0954. The van der Waals surface area contributed by atoms with Gasteiger partial charge in [0.25, 0.3) is 5.56 Å². The summed E-state index contributed by atoms with van der Waals surface area (Å²) in [6.07, 6.45) is -5.66. The highest BCUT2D eigenvalue weighted by Crippen LogP contribution is 2.50. The Hall–Kier alpha value is -4.07. The summed E-state index contributed by atoms with van der Waals surface area (Å²) in [6, 6.07) is 13.0. The molecule has 0 aliphatic carbocycles. The lowest BCUT2D eigenvalue weighted by molar-refractivity contribution is -0.286. The molecule has 13 heteroatoms. The van der Waals surface area contributed by atoms with Crippen molar-refractivity contribution in [2.75, 3.05) is 18.5 Å². The zero-order valence-corrected chi connectivity index (χ0v) is 22.4. The Labute approximate surface area is 232 Å². The number of fused-ring (bicyclic) bond motifs is 2. The quantitative estimate of drug-likeness (QED) is 0.459. The van der Waals surface area contributed by atoms with Gasteiger partial charge in [-0.15, -0.1) is 8.78 Å². The van der Waals surface area contributed by atoms with Crippen LogP contribution in [0.15, 0.2) is 53.3 Å². The Bertz CT molecular complexity index is 1580. The molecular formula is C28H27F2N3O8. The lowest BCUT2D eigenvalue weighted by Crippen LogP contribution is -2.42. The topological polar surface area (TPSA) is 130 Å². The summed E-state index contributed by atoms with van der Waals surface area (Å²) in [6.45, 7) is 4.79. The fourth-order valence-electron chi connectivity index (χ4n) is 4.98. The number of aliphatic hydroxyl groups excluding tert-OH is 1. The van der Waals surface area contributed by atoms with Crippen LogP contribution < -0.4 is 25.1 Å². The van der Waals surface area contributed by atoms with Gasteiger partial charge in [-0.3, -0.25) is 9.59 Å². The van der Waals surface area contributed by atoms with Crippen molar-refractivity contribution in [2.24, 2.45) is 0 Å². The van der Waals surface area contributed by atoms with Gasteiger partial charge >= 0.3 is 6.29 Å². The van der Waals surface area contributed by atoms with Crippen molar-refractivity contribution in [2.45, 2.75) is 57.0 Å². The third-order valence-corrected chi connectivity index (χ3v) is 7.23. The van der Waals surface area contributed by atoms with Crippen molar-refractivity contribution in [3.63, 3.8) is 0 Å². The molecule has 1 amide bonds. The highest BCUT2D eigenvalue weighted by Gasteiger charge is 2.49. The molecule has 1 aromatic heterocycles. The van der Waals surface area contributed by atoms with Gasteiger partial charge in [-0.05, 0) is 32.9 Å². The molecule has 2 N–H and O–H groups in total. The van der Waals surface area contributed by atoms with Crippen LogP contribution in [0.3, 0.4) is 0 Å². The molecule has 0 spiro atoms. The van der Waals surface area contributed by atoms with E-state index in [2.05, 4.69) is 19.9 Å². The molecule has 1 saturated heterocycles. The summed E-state index contributed by atoms with van der Waals surface area (Å²) >= 11 is 0. The van der Waals surface area contributed by atoms with Crippen molar-refractivity contribution in [3.8, 4) is 28.5 Å². The summed E-state index contributed by atoms with van der Waals surface area (Å²) in [7, 11) is 0. The Kier molecular flexibility index (Phi) is 6.28. The summed E-state index contributed by atoms with van der Waals surface area (Å²) < 4.78 is 54.2. The Morgan fingerprint density at radius 3 is 2.51 bits per heavy atom. The molecule has 11 nitrogen and oxygen atoms in total. The van der Waals surface area contributed by atoms with Crippen LogP contribution in [0.2, 0.25) is 0 Å². The largest absolute Gasteiger partial charge is 0.586 e. The maximum Gasteiger partial charge on any atom is 0.586 e. The number of hydrogen-bond donors (Lipinski definition) is 2. The van der Waals surface area contributed by atoms with E-state index in [-0.39, 0.29) is 42.7 Å². The number of benzene rings is 2. The van der Waals surface area contributed by atoms with Crippen molar-refractivity contribution < 1.29 is 42.4 Å². The molecule has 4 heterocycles. The normalized spacial score (nSPS) is 24.0. The minimum atomic E-state index is -3.83. The number of nitrogens with one attached hydrogen (secondary N) is 1. The zero-order valence-electron chi connectivity index (χ0n) is 22.4. The number of amides is 1. The van der Waals surface area contributed by atoms with E-state index in [1.165, 1.54) is 18.2 Å². The third-order valence-electron chi connectivity index (χ3n) is 7.23. The van der Waals surface area contributed by atoms with Gasteiger partial charge < -0.3 is 34.1 Å². The number of halogens is 2. The molecule has 216 valence electrons. The van der Waals surface area contributed by atoms with Crippen LogP contribution in [0.4, 0.5) is 14.5 Å². The number of hydrogen-bond acceptors (Lipinski definition) is 9. The molecular weight excluding hydrogens is 544 g/mol. The molecule has 1 fully saturated rings. The summed E-state index contributed by atoms with van der Waals surface area (Å²) in [5.74, 6) is -1.75. The van der Waals surface area contributed by atoms with Gasteiger partial charge in [0, 0.05) is 17.2 Å². The predicted molar refractivity (Wildman–Crippen MR) is 139 cm³/mol. The number of rotatable bonds is 6. The standard InChI is InChI=1S/C28H27F2N3O8/c1-26(2)38-13-23(39-26)19(34)12-33-24(35)18(10-17(32-33)15-7-5-4-6-8-15)31-25(36)27(3)14-37-20-11-22-21(9-16(20)27)40-28(29,30)41-22/h4-11,19,23,34H,12-14H2,1-3H3,(H,31,36)/t19-,23-,27+/m1/s1. The van der Waals surface area contributed by atoms with E-state index < -0.39 is 41.2 Å². The number of anilines is 1. The van der Waals surface area contributed by atoms with Gasteiger partial charge in [0.15, 0.2) is 17.3 Å².